The van der Waals surface area contributed by atoms with Crippen LogP contribution < -0.4 is 4.74 Å². The average Bonchev–Trinajstić information content (AvgIpc) is 2.17. The van der Waals surface area contributed by atoms with Gasteiger partial charge in [0.15, 0.2) is 0 Å². The van der Waals surface area contributed by atoms with Gasteiger partial charge in [-0.2, -0.15) is 0 Å². The molecule has 0 aliphatic heterocycles. The normalized spacial score (nSPS) is 12.6. The minimum absolute atomic E-state index is 0.625. The smallest absolute Gasteiger partial charge is 0.119 e. The van der Waals surface area contributed by atoms with Crippen molar-refractivity contribution in [3.63, 3.8) is 0 Å². The maximum absolute atomic E-state index is 5.15. The molecule has 1 atom stereocenters. The summed E-state index contributed by atoms with van der Waals surface area (Å²) in [5, 5.41) is 0. The van der Waals surface area contributed by atoms with Crippen LogP contribution in [0.5, 0.6) is 5.75 Å². The first kappa shape index (κ1) is 9.11. The maximum Gasteiger partial charge on any atom is 0.119 e. The summed E-state index contributed by atoms with van der Waals surface area (Å²) in [5.41, 5.74) is 1.36. The van der Waals surface area contributed by atoms with Gasteiger partial charge in [-0.3, -0.25) is 0 Å². The highest BCUT2D eigenvalue weighted by Crippen LogP contribution is 2.22. The van der Waals surface area contributed by atoms with Crippen LogP contribution in [0.25, 0.3) is 0 Å². The van der Waals surface area contributed by atoms with Gasteiger partial charge in [0.1, 0.15) is 5.75 Å². The van der Waals surface area contributed by atoms with Crippen molar-refractivity contribution in [3.8, 4) is 5.75 Å². The number of hydrogen-bond donors (Lipinski definition) is 0. The van der Waals surface area contributed by atoms with Gasteiger partial charge >= 0.3 is 0 Å². The van der Waals surface area contributed by atoms with E-state index in [0.717, 1.165) is 5.75 Å². The van der Waals surface area contributed by atoms with Gasteiger partial charge in [0.2, 0.25) is 0 Å². The van der Waals surface area contributed by atoms with E-state index in [0.29, 0.717) is 5.92 Å². The van der Waals surface area contributed by atoms with Crippen LogP contribution in [0.15, 0.2) is 24.3 Å². The van der Waals surface area contributed by atoms with Crippen LogP contribution in [-0.2, 0) is 0 Å². The number of hydrogen-bond acceptors (Lipinski definition) is 1. The Morgan fingerprint density at radius 2 is 2.17 bits per heavy atom. The number of ether oxygens (including phenoxy) is 1. The van der Waals surface area contributed by atoms with Gasteiger partial charge < -0.3 is 4.74 Å². The largest absolute Gasteiger partial charge is 0.497 e. The summed E-state index contributed by atoms with van der Waals surface area (Å²) >= 11 is 0. The van der Waals surface area contributed by atoms with Gasteiger partial charge in [0.05, 0.1) is 7.11 Å². The molecule has 1 aromatic rings. The second kappa shape index (κ2) is 4.15. The van der Waals surface area contributed by atoms with Crippen LogP contribution in [0.3, 0.4) is 0 Å². The van der Waals surface area contributed by atoms with Crippen LogP contribution >= 0.6 is 0 Å². The van der Waals surface area contributed by atoms with Gasteiger partial charge in [-0.1, -0.05) is 26.0 Å². The minimum Gasteiger partial charge on any atom is -0.497 e. The van der Waals surface area contributed by atoms with Crippen molar-refractivity contribution >= 4 is 0 Å². The van der Waals surface area contributed by atoms with Gasteiger partial charge in [0.25, 0.3) is 0 Å². The lowest BCUT2D eigenvalue weighted by Crippen LogP contribution is -1.91. The zero-order valence-electron chi connectivity index (χ0n) is 8.00. The van der Waals surface area contributed by atoms with Crippen molar-refractivity contribution in [1.82, 2.24) is 0 Å². The quantitative estimate of drug-likeness (QED) is 0.666. The maximum atomic E-state index is 5.15. The third kappa shape index (κ3) is 2.00. The highest BCUT2D eigenvalue weighted by Gasteiger charge is 2.02. The predicted molar refractivity (Wildman–Crippen MR) is 51.7 cm³/mol. The van der Waals surface area contributed by atoms with Crippen LogP contribution in [0.4, 0.5) is 0 Å². The average molecular weight is 164 g/mol. The lowest BCUT2D eigenvalue weighted by Gasteiger charge is -2.09. The molecule has 66 valence electrons. The highest BCUT2D eigenvalue weighted by molar-refractivity contribution is 5.30. The Balaban J connectivity index is 2.86. The summed E-state index contributed by atoms with van der Waals surface area (Å²) in [6, 6.07) is 8.27. The molecule has 0 aliphatic rings. The van der Waals surface area contributed by atoms with E-state index in [2.05, 4.69) is 26.0 Å². The Labute approximate surface area is 74.4 Å². The predicted octanol–water partition coefficient (Wildman–Crippen LogP) is 3.21. The summed E-state index contributed by atoms with van der Waals surface area (Å²) in [7, 11) is 1.70. The molecule has 0 heterocycles. The van der Waals surface area contributed by atoms with E-state index in [-0.39, 0.29) is 0 Å². The van der Waals surface area contributed by atoms with Crippen LogP contribution in [0, 0.1) is 0 Å². The summed E-state index contributed by atoms with van der Waals surface area (Å²) in [4.78, 5) is 0. The minimum atomic E-state index is 0.625. The topological polar surface area (TPSA) is 9.23 Å². The van der Waals surface area contributed by atoms with Crippen LogP contribution in [0.1, 0.15) is 31.7 Å². The molecule has 0 unspecified atom stereocenters. The van der Waals surface area contributed by atoms with Gasteiger partial charge in [0, 0.05) is 0 Å². The van der Waals surface area contributed by atoms with Crippen molar-refractivity contribution in [2.75, 3.05) is 7.11 Å². The van der Waals surface area contributed by atoms with Gasteiger partial charge in [-0.05, 0) is 30.0 Å². The fourth-order valence-electron chi connectivity index (χ4n) is 1.18. The Morgan fingerprint density at radius 1 is 1.42 bits per heavy atom. The summed E-state index contributed by atoms with van der Waals surface area (Å²) in [6.45, 7) is 4.43. The van der Waals surface area contributed by atoms with Crippen molar-refractivity contribution < 1.29 is 4.74 Å². The molecule has 0 saturated carbocycles. The Bertz CT molecular complexity index is 243. The Morgan fingerprint density at radius 3 is 2.75 bits per heavy atom. The van der Waals surface area contributed by atoms with E-state index in [1.165, 1.54) is 12.0 Å². The van der Waals surface area contributed by atoms with E-state index < -0.39 is 0 Å². The zero-order valence-corrected chi connectivity index (χ0v) is 8.00. The molecule has 0 amide bonds. The molecular formula is C11H16O. The number of rotatable bonds is 3. The van der Waals surface area contributed by atoms with Crippen molar-refractivity contribution in [1.29, 1.82) is 0 Å². The van der Waals surface area contributed by atoms with E-state index in [1.54, 1.807) is 7.11 Å². The molecule has 0 aromatic heterocycles. The van der Waals surface area contributed by atoms with E-state index in [4.69, 9.17) is 4.74 Å². The standard InChI is InChI=1S/C11H16O/c1-4-9(2)10-6-5-7-11(8-10)12-3/h5-9H,4H2,1-3H3/t9-/m0/s1. The van der Waals surface area contributed by atoms with Crippen LogP contribution in [-0.4, -0.2) is 7.11 Å². The molecule has 1 aromatic carbocycles. The molecular weight excluding hydrogens is 148 g/mol. The van der Waals surface area contributed by atoms with E-state index >= 15 is 0 Å². The Kier molecular flexibility index (Phi) is 3.15. The van der Waals surface area contributed by atoms with Crippen molar-refractivity contribution in [2.45, 2.75) is 26.2 Å². The third-order valence-corrected chi connectivity index (χ3v) is 2.28. The zero-order chi connectivity index (χ0) is 8.97. The lowest BCUT2D eigenvalue weighted by atomic mass is 9.99. The van der Waals surface area contributed by atoms with Crippen molar-refractivity contribution in [2.24, 2.45) is 0 Å². The third-order valence-electron chi connectivity index (χ3n) is 2.28. The molecule has 1 nitrogen and oxygen atoms in total. The summed E-state index contributed by atoms with van der Waals surface area (Å²) < 4.78 is 5.15. The molecule has 0 spiro atoms. The van der Waals surface area contributed by atoms with E-state index in [1.807, 2.05) is 12.1 Å². The summed E-state index contributed by atoms with van der Waals surface area (Å²) in [5.74, 6) is 1.58. The Hall–Kier alpha value is -0.980. The fourth-order valence-corrected chi connectivity index (χ4v) is 1.18. The molecule has 1 rings (SSSR count). The summed E-state index contributed by atoms with van der Waals surface area (Å²) in [6.07, 6.45) is 1.17. The molecule has 12 heavy (non-hydrogen) atoms. The second-order valence-corrected chi connectivity index (χ2v) is 3.09. The first-order valence-electron chi connectivity index (χ1n) is 4.42. The number of benzene rings is 1. The second-order valence-electron chi connectivity index (χ2n) is 3.09. The molecule has 0 aliphatic carbocycles. The van der Waals surface area contributed by atoms with Gasteiger partial charge in [-0.15, -0.1) is 0 Å². The van der Waals surface area contributed by atoms with Crippen LogP contribution in [0.2, 0.25) is 0 Å². The monoisotopic (exact) mass is 164 g/mol. The molecule has 0 bridgehead atoms. The molecule has 0 radical (unpaired) electrons. The number of methoxy groups -OCH3 is 1. The first-order valence-corrected chi connectivity index (χ1v) is 4.42. The SMILES string of the molecule is CC[C@H](C)c1cccc(OC)c1. The van der Waals surface area contributed by atoms with E-state index in [9.17, 15) is 0 Å². The first-order chi connectivity index (χ1) is 5.77. The molecule has 0 N–H and O–H groups in total. The molecule has 0 fully saturated rings. The van der Waals surface area contributed by atoms with Crippen molar-refractivity contribution in [3.05, 3.63) is 29.8 Å². The lowest BCUT2D eigenvalue weighted by molar-refractivity contribution is 0.414. The fraction of sp³-hybridized carbons (Fsp3) is 0.455. The highest BCUT2D eigenvalue weighted by atomic mass is 16.5. The van der Waals surface area contributed by atoms with Gasteiger partial charge in [-0.25, -0.2) is 0 Å². The molecule has 1 heteroatoms. The molecule has 0 saturated heterocycles.